The molecular formula is C7H7BFNO2. The van der Waals surface area contributed by atoms with Crippen molar-refractivity contribution in [3.05, 3.63) is 29.6 Å². The lowest BCUT2D eigenvalue weighted by Gasteiger charge is -1.99. The quantitative estimate of drug-likeness (QED) is 0.548. The van der Waals surface area contributed by atoms with Crippen LogP contribution in [0.15, 0.2) is 18.2 Å². The lowest BCUT2D eigenvalue weighted by atomic mass is 9.87. The van der Waals surface area contributed by atoms with E-state index >= 15 is 0 Å². The first-order valence-electron chi connectivity index (χ1n) is 3.34. The van der Waals surface area contributed by atoms with Crippen LogP contribution in [-0.4, -0.2) is 18.4 Å². The van der Waals surface area contributed by atoms with E-state index in [0.29, 0.717) is 0 Å². The Morgan fingerprint density at radius 1 is 1.58 bits per heavy atom. The number of halogens is 1. The molecule has 1 rings (SSSR count). The minimum atomic E-state index is -0.635. The normalized spacial score (nSPS) is 9.50. The fourth-order valence-corrected chi connectivity index (χ4v) is 0.849. The van der Waals surface area contributed by atoms with Crippen LogP contribution >= 0.6 is 0 Å². The number of carbonyl (C=O) groups excluding carboxylic acids is 1. The minimum absolute atomic E-state index is 0.0753. The highest BCUT2D eigenvalue weighted by Gasteiger charge is 2.06. The van der Waals surface area contributed by atoms with Gasteiger partial charge in [-0.3, -0.25) is 4.79 Å². The summed E-state index contributed by atoms with van der Waals surface area (Å²) in [5, 5.41) is 8.63. The number of amides is 1. The molecule has 5 heteroatoms. The van der Waals surface area contributed by atoms with Gasteiger partial charge in [-0.2, -0.15) is 0 Å². The molecule has 0 aliphatic heterocycles. The molecule has 0 saturated heterocycles. The SMILES string of the molecule is NC(=O)c1ccc(F)c(BO)c1. The van der Waals surface area contributed by atoms with Crippen molar-refractivity contribution in [1.29, 1.82) is 0 Å². The van der Waals surface area contributed by atoms with Crippen molar-refractivity contribution in [2.24, 2.45) is 5.73 Å². The second kappa shape index (κ2) is 3.36. The molecule has 3 nitrogen and oxygen atoms in total. The standard InChI is InChI=1S/C7H7BFNO2/c9-6-2-1-4(7(10)11)3-5(6)8-12/h1-3,8,12H,(H2,10,11). The van der Waals surface area contributed by atoms with E-state index in [-0.39, 0.29) is 11.0 Å². The molecule has 0 aliphatic carbocycles. The number of hydrogen-bond donors (Lipinski definition) is 2. The monoisotopic (exact) mass is 167 g/mol. The molecule has 0 aliphatic rings. The summed E-state index contributed by atoms with van der Waals surface area (Å²) in [6, 6.07) is 3.61. The van der Waals surface area contributed by atoms with E-state index < -0.39 is 19.2 Å². The average molecular weight is 167 g/mol. The third-order valence-electron chi connectivity index (χ3n) is 1.50. The maximum absolute atomic E-state index is 12.7. The first kappa shape index (κ1) is 8.74. The maximum Gasteiger partial charge on any atom is 0.307 e. The first-order chi connectivity index (χ1) is 5.65. The minimum Gasteiger partial charge on any atom is -0.449 e. The molecule has 0 unspecified atom stereocenters. The van der Waals surface area contributed by atoms with Crippen LogP contribution in [0.2, 0.25) is 0 Å². The van der Waals surface area contributed by atoms with Crippen LogP contribution < -0.4 is 11.2 Å². The van der Waals surface area contributed by atoms with Gasteiger partial charge in [0, 0.05) is 5.56 Å². The van der Waals surface area contributed by atoms with E-state index in [2.05, 4.69) is 0 Å². The van der Waals surface area contributed by atoms with Gasteiger partial charge in [-0.1, -0.05) is 0 Å². The fraction of sp³-hybridized carbons (Fsp3) is 0. The predicted molar refractivity (Wildman–Crippen MR) is 43.9 cm³/mol. The molecule has 3 N–H and O–H groups in total. The van der Waals surface area contributed by atoms with Crippen molar-refractivity contribution in [2.75, 3.05) is 0 Å². The van der Waals surface area contributed by atoms with Gasteiger partial charge in [-0.05, 0) is 23.7 Å². The molecule has 0 heterocycles. The number of nitrogens with two attached hydrogens (primary N) is 1. The smallest absolute Gasteiger partial charge is 0.307 e. The molecular weight excluding hydrogens is 160 g/mol. The number of hydrogen-bond acceptors (Lipinski definition) is 2. The van der Waals surface area contributed by atoms with Crippen molar-refractivity contribution < 1.29 is 14.2 Å². The van der Waals surface area contributed by atoms with Crippen LogP contribution in [-0.2, 0) is 0 Å². The Kier molecular flexibility index (Phi) is 2.45. The molecule has 0 atom stereocenters. The molecule has 0 spiro atoms. The molecule has 0 fully saturated rings. The van der Waals surface area contributed by atoms with Gasteiger partial charge in [0.1, 0.15) is 5.82 Å². The number of benzene rings is 1. The molecule has 1 aromatic carbocycles. The largest absolute Gasteiger partial charge is 0.449 e. The summed E-state index contributed by atoms with van der Waals surface area (Å²) in [5.41, 5.74) is 5.21. The Balaban J connectivity index is 3.13. The summed E-state index contributed by atoms with van der Waals surface area (Å²) >= 11 is 0. The molecule has 62 valence electrons. The Morgan fingerprint density at radius 2 is 2.25 bits per heavy atom. The Hall–Kier alpha value is -1.36. The number of primary amides is 1. The van der Waals surface area contributed by atoms with E-state index in [9.17, 15) is 9.18 Å². The second-order valence-corrected chi connectivity index (χ2v) is 2.33. The van der Waals surface area contributed by atoms with Gasteiger partial charge in [0.25, 0.3) is 0 Å². The van der Waals surface area contributed by atoms with Crippen LogP contribution in [0.25, 0.3) is 0 Å². The third-order valence-corrected chi connectivity index (χ3v) is 1.50. The van der Waals surface area contributed by atoms with E-state index in [1.807, 2.05) is 0 Å². The number of carbonyl (C=O) groups is 1. The Labute approximate surface area is 69.3 Å². The lowest BCUT2D eigenvalue weighted by molar-refractivity contribution is 0.100. The van der Waals surface area contributed by atoms with Gasteiger partial charge in [-0.25, -0.2) is 4.39 Å². The molecule has 0 saturated carbocycles. The Bertz CT molecular complexity index is 316. The summed E-state index contributed by atoms with van der Waals surface area (Å²) in [5.74, 6) is -1.17. The van der Waals surface area contributed by atoms with Gasteiger partial charge in [0.05, 0.1) is 0 Å². The highest BCUT2D eigenvalue weighted by molar-refractivity contribution is 6.45. The summed E-state index contributed by atoms with van der Waals surface area (Å²) in [6.07, 6.45) is 0. The highest BCUT2D eigenvalue weighted by atomic mass is 19.1. The topological polar surface area (TPSA) is 63.3 Å². The van der Waals surface area contributed by atoms with Gasteiger partial charge in [-0.15, -0.1) is 0 Å². The van der Waals surface area contributed by atoms with Crippen LogP contribution in [0.4, 0.5) is 4.39 Å². The van der Waals surface area contributed by atoms with Gasteiger partial charge in [0.15, 0.2) is 0 Å². The molecule has 0 aromatic heterocycles. The zero-order valence-corrected chi connectivity index (χ0v) is 6.25. The highest BCUT2D eigenvalue weighted by Crippen LogP contribution is 1.98. The van der Waals surface area contributed by atoms with E-state index in [1.165, 1.54) is 12.1 Å². The van der Waals surface area contributed by atoms with Crippen molar-refractivity contribution in [2.45, 2.75) is 0 Å². The van der Waals surface area contributed by atoms with E-state index in [0.717, 1.165) is 6.07 Å². The molecule has 1 amide bonds. The van der Waals surface area contributed by atoms with E-state index in [4.69, 9.17) is 10.8 Å². The van der Waals surface area contributed by atoms with Gasteiger partial charge in [0.2, 0.25) is 5.91 Å². The zero-order valence-electron chi connectivity index (χ0n) is 6.25. The predicted octanol–water partition coefficient (Wildman–Crippen LogP) is -1.11. The average Bonchev–Trinajstić information content (AvgIpc) is 2.05. The van der Waals surface area contributed by atoms with Crippen LogP contribution in [0.5, 0.6) is 0 Å². The fourth-order valence-electron chi connectivity index (χ4n) is 0.849. The van der Waals surface area contributed by atoms with Crippen molar-refractivity contribution in [1.82, 2.24) is 0 Å². The van der Waals surface area contributed by atoms with E-state index in [1.54, 1.807) is 0 Å². The van der Waals surface area contributed by atoms with Gasteiger partial charge < -0.3 is 10.8 Å². The Morgan fingerprint density at radius 3 is 2.75 bits per heavy atom. The van der Waals surface area contributed by atoms with Crippen LogP contribution in [0, 0.1) is 5.82 Å². The van der Waals surface area contributed by atoms with Crippen LogP contribution in [0.1, 0.15) is 10.4 Å². The van der Waals surface area contributed by atoms with Crippen LogP contribution in [0.3, 0.4) is 0 Å². The summed E-state index contributed by atoms with van der Waals surface area (Å²) in [7, 11) is -0.438. The number of rotatable bonds is 2. The van der Waals surface area contributed by atoms with Crippen molar-refractivity contribution >= 4 is 18.9 Å². The lowest BCUT2D eigenvalue weighted by Crippen LogP contribution is -2.21. The first-order valence-corrected chi connectivity index (χ1v) is 3.34. The molecule has 0 bridgehead atoms. The molecule has 12 heavy (non-hydrogen) atoms. The van der Waals surface area contributed by atoms with Crippen molar-refractivity contribution in [3.63, 3.8) is 0 Å². The van der Waals surface area contributed by atoms with Gasteiger partial charge >= 0.3 is 7.48 Å². The summed E-state index contributed by atoms with van der Waals surface area (Å²) < 4.78 is 12.7. The molecule has 1 aromatic rings. The summed E-state index contributed by atoms with van der Waals surface area (Å²) in [6.45, 7) is 0. The summed E-state index contributed by atoms with van der Waals surface area (Å²) in [4.78, 5) is 10.6. The third kappa shape index (κ3) is 1.62. The second-order valence-electron chi connectivity index (χ2n) is 2.33. The molecule has 0 radical (unpaired) electrons. The van der Waals surface area contributed by atoms with Crippen molar-refractivity contribution in [3.8, 4) is 0 Å². The zero-order chi connectivity index (χ0) is 9.14. The maximum atomic E-state index is 12.7.